The summed E-state index contributed by atoms with van der Waals surface area (Å²) >= 11 is 0. The van der Waals surface area contributed by atoms with Gasteiger partial charge in [-0.25, -0.2) is 0 Å². The largest absolute Gasteiger partial charge is 0.508 e. The molecule has 0 atom stereocenters. The van der Waals surface area contributed by atoms with E-state index >= 15 is 0 Å². The van der Waals surface area contributed by atoms with Crippen LogP contribution < -0.4 is 5.73 Å². The fourth-order valence-electron chi connectivity index (χ4n) is 4.07. The third kappa shape index (κ3) is 3.48. The highest BCUT2D eigenvalue weighted by Gasteiger charge is 2.30. The molecule has 1 aliphatic rings. The van der Waals surface area contributed by atoms with E-state index in [1.54, 1.807) is 12.1 Å². The minimum atomic E-state index is 0.0678. The molecule has 0 amide bonds. The molecule has 0 saturated heterocycles. The predicted molar refractivity (Wildman–Crippen MR) is 113 cm³/mol. The van der Waals surface area contributed by atoms with Crippen molar-refractivity contribution in [2.75, 3.05) is 0 Å². The second-order valence-corrected chi connectivity index (χ2v) is 6.90. The van der Waals surface area contributed by atoms with Crippen molar-refractivity contribution in [2.24, 2.45) is 10.9 Å². The van der Waals surface area contributed by atoms with E-state index in [-0.39, 0.29) is 11.6 Å². The zero-order valence-corrected chi connectivity index (χ0v) is 17.4. The number of phenols is 1. The number of phenolic OH excluding ortho intramolecular Hbond substituents is 1. The van der Waals surface area contributed by atoms with Crippen molar-refractivity contribution in [1.29, 1.82) is 0 Å². The monoisotopic (exact) mass is 396 g/mol. The molecule has 1 aromatic carbocycles. The van der Waals surface area contributed by atoms with Crippen molar-refractivity contribution < 1.29 is 14.8 Å². The molecule has 0 fully saturated rings. The zero-order valence-electron chi connectivity index (χ0n) is 17.4. The van der Waals surface area contributed by atoms with Gasteiger partial charge in [-0.05, 0) is 80.5 Å². The molecule has 0 unspecified atom stereocenters. The Balaban J connectivity index is 0.00000117. The molecule has 0 spiro atoms. The van der Waals surface area contributed by atoms with Crippen LogP contribution in [0.5, 0.6) is 5.75 Å². The standard InChI is InChI=1S/C20H22N4O3.C2H6/c1-11-17(12(2)27-23-11)24-18(13-7-9-14(25)10-8-13)15-5-3-4-6-16(15)19(24)20(21)22-26;1-2/h7-10,25-26H,3-6H2,1-2H3,(H2,21,22);1-2H3. The average Bonchev–Trinajstić information content (AvgIpc) is 3.26. The van der Waals surface area contributed by atoms with Gasteiger partial charge in [0.15, 0.2) is 11.6 Å². The number of aromatic hydroxyl groups is 1. The summed E-state index contributed by atoms with van der Waals surface area (Å²) in [6, 6.07) is 7.09. The van der Waals surface area contributed by atoms with E-state index < -0.39 is 0 Å². The second kappa shape index (κ2) is 8.43. The minimum absolute atomic E-state index is 0.0678. The molecule has 0 bridgehead atoms. The van der Waals surface area contributed by atoms with Gasteiger partial charge in [0.1, 0.15) is 17.1 Å². The van der Waals surface area contributed by atoms with Crippen LogP contribution in [0.25, 0.3) is 16.9 Å². The predicted octanol–water partition coefficient (Wildman–Crippen LogP) is 4.45. The number of hydrogen-bond donors (Lipinski definition) is 3. The number of aryl methyl sites for hydroxylation is 2. The van der Waals surface area contributed by atoms with Crippen LogP contribution in [0.2, 0.25) is 0 Å². The number of fused-ring (bicyclic) bond motifs is 1. The van der Waals surface area contributed by atoms with Gasteiger partial charge in [0.25, 0.3) is 0 Å². The van der Waals surface area contributed by atoms with E-state index in [4.69, 9.17) is 10.3 Å². The highest BCUT2D eigenvalue weighted by atomic mass is 16.5. The normalized spacial score (nSPS) is 13.6. The number of hydrogen-bond acceptors (Lipinski definition) is 5. The molecule has 154 valence electrons. The Bertz CT molecular complexity index is 1010. The number of amidine groups is 1. The fourth-order valence-corrected chi connectivity index (χ4v) is 4.07. The third-order valence-electron chi connectivity index (χ3n) is 5.20. The highest BCUT2D eigenvalue weighted by Crippen LogP contribution is 2.40. The first-order chi connectivity index (χ1) is 14.0. The quantitative estimate of drug-likeness (QED) is 0.262. The maximum atomic E-state index is 9.71. The van der Waals surface area contributed by atoms with Gasteiger partial charge in [0, 0.05) is 0 Å². The van der Waals surface area contributed by atoms with E-state index in [1.807, 2.05) is 44.4 Å². The molecule has 0 aliphatic heterocycles. The molecule has 0 radical (unpaired) electrons. The molecular weight excluding hydrogens is 368 g/mol. The first-order valence-corrected chi connectivity index (χ1v) is 10.00. The first kappa shape index (κ1) is 20.5. The number of nitrogens with two attached hydrogens (primary N) is 1. The molecule has 4 rings (SSSR count). The van der Waals surface area contributed by atoms with E-state index in [0.717, 1.165) is 53.9 Å². The fraction of sp³-hybridized carbons (Fsp3) is 0.364. The number of rotatable bonds is 3. The number of aromatic nitrogens is 2. The van der Waals surface area contributed by atoms with Gasteiger partial charge in [-0.15, -0.1) is 0 Å². The Labute approximate surface area is 170 Å². The van der Waals surface area contributed by atoms with Crippen LogP contribution in [0, 0.1) is 13.8 Å². The lowest BCUT2D eigenvalue weighted by Crippen LogP contribution is -2.20. The third-order valence-corrected chi connectivity index (χ3v) is 5.20. The molecule has 0 saturated carbocycles. The second-order valence-electron chi connectivity index (χ2n) is 6.90. The molecule has 7 heteroatoms. The Morgan fingerprint density at radius 1 is 1.10 bits per heavy atom. The zero-order chi connectivity index (χ0) is 21.1. The van der Waals surface area contributed by atoms with Crippen LogP contribution in [0.4, 0.5) is 0 Å². The van der Waals surface area contributed by atoms with Crippen LogP contribution in [-0.4, -0.2) is 25.9 Å². The first-order valence-electron chi connectivity index (χ1n) is 10.00. The lowest BCUT2D eigenvalue weighted by Gasteiger charge is -2.14. The number of benzene rings is 1. The SMILES string of the molecule is CC.Cc1noc(C)c1-n1c(/C(N)=N/O)c2c(c1-c1ccc(O)cc1)CCCC2. The van der Waals surface area contributed by atoms with Gasteiger partial charge in [-0.3, -0.25) is 0 Å². The summed E-state index contributed by atoms with van der Waals surface area (Å²) in [5, 5.41) is 26.6. The van der Waals surface area contributed by atoms with Gasteiger partial charge in [0.2, 0.25) is 0 Å². The van der Waals surface area contributed by atoms with Gasteiger partial charge in [0.05, 0.1) is 11.4 Å². The van der Waals surface area contributed by atoms with Gasteiger partial charge < -0.3 is 25.1 Å². The van der Waals surface area contributed by atoms with Crippen molar-refractivity contribution in [3.63, 3.8) is 0 Å². The topological polar surface area (TPSA) is 110 Å². The summed E-state index contributed by atoms with van der Waals surface area (Å²) in [5.74, 6) is 0.935. The molecule has 29 heavy (non-hydrogen) atoms. The maximum Gasteiger partial charge on any atom is 0.187 e. The summed E-state index contributed by atoms with van der Waals surface area (Å²) < 4.78 is 7.40. The van der Waals surface area contributed by atoms with Crippen molar-refractivity contribution in [3.05, 3.63) is 52.5 Å². The lowest BCUT2D eigenvalue weighted by atomic mass is 9.90. The Morgan fingerprint density at radius 3 is 2.28 bits per heavy atom. The summed E-state index contributed by atoms with van der Waals surface area (Å²) in [6.45, 7) is 7.73. The maximum absolute atomic E-state index is 9.71. The molecular formula is C22H28N4O3. The van der Waals surface area contributed by atoms with Gasteiger partial charge >= 0.3 is 0 Å². The molecule has 3 aromatic rings. The van der Waals surface area contributed by atoms with Crippen LogP contribution in [0.3, 0.4) is 0 Å². The Hall–Kier alpha value is -3.22. The molecule has 4 N–H and O–H groups in total. The number of nitrogens with zero attached hydrogens (tertiary/aromatic N) is 3. The van der Waals surface area contributed by atoms with E-state index in [2.05, 4.69) is 10.3 Å². The van der Waals surface area contributed by atoms with Crippen molar-refractivity contribution >= 4 is 5.84 Å². The highest BCUT2D eigenvalue weighted by molar-refractivity contribution is 6.00. The van der Waals surface area contributed by atoms with Gasteiger partial charge in [-0.1, -0.05) is 24.2 Å². The van der Waals surface area contributed by atoms with Crippen molar-refractivity contribution in [2.45, 2.75) is 53.4 Å². The average molecular weight is 396 g/mol. The summed E-state index contributed by atoms with van der Waals surface area (Å²) in [4.78, 5) is 0. The number of oxime groups is 1. The smallest absolute Gasteiger partial charge is 0.187 e. The van der Waals surface area contributed by atoms with Crippen LogP contribution in [0.15, 0.2) is 33.9 Å². The summed E-state index contributed by atoms with van der Waals surface area (Å²) in [6.07, 6.45) is 3.91. The Morgan fingerprint density at radius 2 is 1.72 bits per heavy atom. The van der Waals surface area contributed by atoms with Crippen LogP contribution in [-0.2, 0) is 12.8 Å². The van der Waals surface area contributed by atoms with Crippen LogP contribution in [0.1, 0.15) is 55.0 Å². The van der Waals surface area contributed by atoms with Crippen molar-refractivity contribution in [3.8, 4) is 22.7 Å². The Kier molecular flexibility index (Phi) is 5.96. The van der Waals surface area contributed by atoms with Crippen molar-refractivity contribution in [1.82, 2.24) is 9.72 Å². The lowest BCUT2D eigenvalue weighted by molar-refractivity contribution is 0.318. The molecule has 2 aromatic heterocycles. The van der Waals surface area contributed by atoms with E-state index in [9.17, 15) is 10.3 Å². The molecule has 2 heterocycles. The van der Waals surface area contributed by atoms with Crippen LogP contribution >= 0.6 is 0 Å². The van der Waals surface area contributed by atoms with E-state index in [1.165, 1.54) is 5.56 Å². The van der Waals surface area contributed by atoms with E-state index in [0.29, 0.717) is 11.5 Å². The summed E-state index contributed by atoms with van der Waals surface area (Å²) in [5.41, 5.74) is 12.5. The van der Waals surface area contributed by atoms with Gasteiger partial charge in [-0.2, -0.15) is 0 Å². The minimum Gasteiger partial charge on any atom is -0.508 e. The summed E-state index contributed by atoms with van der Waals surface area (Å²) in [7, 11) is 0. The molecule has 7 nitrogen and oxygen atoms in total. The molecule has 1 aliphatic carbocycles.